The smallest absolute Gasteiger partial charge is 0.184 e. The van der Waals surface area contributed by atoms with Gasteiger partial charge in [0.1, 0.15) is 0 Å². The molecule has 1 saturated heterocycles. The SMILES string of the molecule is CC(C)(C)C(=O)c1ccc(C2OCCO2)cc1. The summed E-state index contributed by atoms with van der Waals surface area (Å²) in [6.45, 7) is 7.03. The molecule has 0 N–H and O–H groups in total. The van der Waals surface area contributed by atoms with Gasteiger partial charge in [-0.3, -0.25) is 4.79 Å². The molecule has 3 heteroatoms. The predicted molar refractivity (Wildman–Crippen MR) is 64.9 cm³/mol. The van der Waals surface area contributed by atoms with Gasteiger partial charge < -0.3 is 9.47 Å². The van der Waals surface area contributed by atoms with Gasteiger partial charge in [0.05, 0.1) is 13.2 Å². The van der Waals surface area contributed by atoms with E-state index in [0.717, 1.165) is 11.1 Å². The van der Waals surface area contributed by atoms with Crippen molar-refractivity contribution in [3.8, 4) is 0 Å². The molecular formula is C14H18O3. The standard InChI is InChI=1S/C14H18O3/c1-14(2,3)12(15)10-4-6-11(7-5-10)13-16-8-9-17-13/h4-7,13H,8-9H2,1-3H3. The van der Waals surface area contributed by atoms with Crippen molar-refractivity contribution in [3.05, 3.63) is 35.4 Å². The minimum atomic E-state index is -0.345. The van der Waals surface area contributed by atoms with Gasteiger partial charge in [-0.05, 0) is 0 Å². The van der Waals surface area contributed by atoms with Crippen LogP contribution in [0.25, 0.3) is 0 Å². The van der Waals surface area contributed by atoms with Crippen molar-refractivity contribution in [3.63, 3.8) is 0 Å². The molecule has 1 aromatic rings. The monoisotopic (exact) mass is 234 g/mol. The molecular weight excluding hydrogens is 216 g/mol. The van der Waals surface area contributed by atoms with Crippen LogP contribution in [0.2, 0.25) is 0 Å². The van der Waals surface area contributed by atoms with Crippen molar-refractivity contribution in [2.24, 2.45) is 5.41 Å². The Morgan fingerprint density at radius 2 is 1.65 bits per heavy atom. The van der Waals surface area contributed by atoms with Crippen LogP contribution in [-0.4, -0.2) is 19.0 Å². The largest absolute Gasteiger partial charge is 0.346 e. The number of rotatable bonds is 2. The fraction of sp³-hybridized carbons (Fsp3) is 0.500. The van der Waals surface area contributed by atoms with Crippen LogP contribution in [-0.2, 0) is 9.47 Å². The highest BCUT2D eigenvalue weighted by molar-refractivity contribution is 5.99. The lowest BCUT2D eigenvalue weighted by molar-refractivity contribution is -0.0441. The highest BCUT2D eigenvalue weighted by Crippen LogP contribution is 2.25. The summed E-state index contributed by atoms with van der Waals surface area (Å²) in [5.41, 5.74) is 1.36. The molecule has 1 aliphatic rings. The molecule has 0 amide bonds. The summed E-state index contributed by atoms with van der Waals surface area (Å²) in [6, 6.07) is 7.48. The summed E-state index contributed by atoms with van der Waals surface area (Å²) in [5.74, 6) is 0.150. The number of carbonyl (C=O) groups excluding carboxylic acids is 1. The van der Waals surface area contributed by atoms with E-state index in [4.69, 9.17) is 9.47 Å². The van der Waals surface area contributed by atoms with E-state index in [0.29, 0.717) is 13.2 Å². The van der Waals surface area contributed by atoms with E-state index in [2.05, 4.69) is 0 Å². The molecule has 0 unspecified atom stereocenters. The first-order valence-electron chi connectivity index (χ1n) is 5.86. The summed E-state index contributed by atoms with van der Waals surface area (Å²) in [4.78, 5) is 12.0. The third-order valence-corrected chi connectivity index (χ3v) is 2.75. The number of benzene rings is 1. The molecule has 0 bridgehead atoms. The molecule has 1 aromatic carbocycles. The fourth-order valence-corrected chi connectivity index (χ4v) is 1.78. The normalized spacial score (nSPS) is 17.4. The summed E-state index contributed by atoms with van der Waals surface area (Å²) >= 11 is 0. The van der Waals surface area contributed by atoms with Crippen molar-refractivity contribution in [2.45, 2.75) is 27.1 Å². The molecule has 0 aromatic heterocycles. The first-order chi connectivity index (χ1) is 7.98. The lowest BCUT2D eigenvalue weighted by Crippen LogP contribution is -2.20. The Kier molecular flexibility index (Phi) is 3.31. The molecule has 0 saturated carbocycles. The van der Waals surface area contributed by atoms with E-state index in [1.807, 2.05) is 45.0 Å². The molecule has 1 heterocycles. The zero-order valence-electron chi connectivity index (χ0n) is 10.5. The zero-order chi connectivity index (χ0) is 12.5. The predicted octanol–water partition coefficient (Wildman–Crippen LogP) is 2.96. The topological polar surface area (TPSA) is 35.5 Å². The fourth-order valence-electron chi connectivity index (χ4n) is 1.78. The molecule has 92 valence electrons. The van der Waals surface area contributed by atoms with Gasteiger partial charge >= 0.3 is 0 Å². The van der Waals surface area contributed by atoms with Gasteiger partial charge in [0.15, 0.2) is 12.1 Å². The van der Waals surface area contributed by atoms with Gasteiger partial charge in [-0.2, -0.15) is 0 Å². The Bertz CT molecular complexity index is 394. The van der Waals surface area contributed by atoms with Crippen LogP contribution in [0.1, 0.15) is 43.0 Å². The average molecular weight is 234 g/mol. The maximum Gasteiger partial charge on any atom is 0.184 e. The van der Waals surface area contributed by atoms with E-state index in [1.165, 1.54) is 0 Å². The number of Topliss-reactive ketones (excluding diaryl/α,β-unsaturated/α-hetero) is 1. The average Bonchev–Trinajstić information content (AvgIpc) is 2.80. The van der Waals surface area contributed by atoms with Crippen LogP contribution < -0.4 is 0 Å². The highest BCUT2D eigenvalue weighted by atomic mass is 16.7. The van der Waals surface area contributed by atoms with Crippen molar-refractivity contribution >= 4 is 5.78 Å². The third-order valence-electron chi connectivity index (χ3n) is 2.75. The Morgan fingerprint density at radius 3 is 2.12 bits per heavy atom. The van der Waals surface area contributed by atoms with Gasteiger partial charge in [-0.1, -0.05) is 45.0 Å². The van der Waals surface area contributed by atoms with E-state index in [9.17, 15) is 4.79 Å². The second-order valence-electron chi connectivity index (χ2n) is 5.27. The first-order valence-corrected chi connectivity index (χ1v) is 5.86. The van der Waals surface area contributed by atoms with Crippen LogP contribution in [0.3, 0.4) is 0 Å². The van der Waals surface area contributed by atoms with Crippen molar-refractivity contribution < 1.29 is 14.3 Å². The summed E-state index contributed by atoms with van der Waals surface area (Å²) < 4.78 is 10.8. The third kappa shape index (κ3) is 2.73. The Labute approximate surface area is 102 Å². The minimum Gasteiger partial charge on any atom is -0.346 e. The maximum atomic E-state index is 12.0. The van der Waals surface area contributed by atoms with Gasteiger partial charge in [0.25, 0.3) is 0 Å². The quantitative estimate of drug-likeness (QED) is 0.738. The molecule has 1 fully saturated rings. The van der Waals surface area contributed by atoms with Crippen LogP contribution in [0.4, 0.5) is 0 Å². The maximum absolute atomic E-state index is 12.0. The molecule has 0 spiro atoms. The minimum absolute atomic E-state index is 0.150. The van der Waals surface area contributed by atoms with Gasteiger partial charge in [-0.15, -0.1) is 0 Å². The summed E-state index contributed by atoms with van der Waals surface area (Å²) in [5, 5.41) is 0. The van der Waals surface area contributed by atoms with Crippen LogP contribution in [0, 0.1) is 5.41 Å². The summed E-state index contributed by atoms with van der Waals surface area (Å²) in [7, 11) is 0. The lowest BCUT2D eigenvalue weighted by atomic mass is 9.86. The Balaban J connectivity index is 2.15. The van der Waals surface area contributed by atoms with E-state index < -0.39 is 0 Å². The molecule has 3 nitrogen and oxygen atoms in total. The molecule has 1 aliphatic heterocycles. The van der Waals surface area contributed by atoms with Crippen LogP contribution >= 0.6 is 0 Å². The van der Waals surface area contributed by atoms with Crippen molar-refractivity contribution in [1.29, 1.82) is 0 Å². The highest BCUT2D eigenvalue weighted by Gasteiger charge is 2.23. The second kappa shape index (κ2) is 4.59. The molecule has 17 heavy (non-hydrogen) atoms. The summed E-state index contributed by atoms with van der Waals surface area (Å²) in [6.07, 6.45) is -0.270. The lowest BCUT2D eigenvalue weighted by Gasteiger charge is -2.17. The molecule has 0 aliphatic carbocycles. The van der Waals surface area contributed by atoms with Crippen molar-refractivity contribution in [1.82, 2.24) is 0 Å². The second-order valence-corrected chi connectivity index (χ2v) is 5.27. The van der Waals surface area contributed by atoms with Crippen molar-refractivity contribution in [2.75, 3.05) is 13.2 Å². The Hall–Kier alpha value is -1.19. The van der Waals surface area contributed by atoms with Gasteiger partial charge in [0, 0.05) is 16.5 Å². The number of ether oxygens (including phenoxy) is 2. The van der Waals surface area contributed by atoms with E-state index >= 15 is 0 Å². The van der Waals surface area contributed by atoms with Gasteiger partial charge in [0.2, 0.25) is 0 Å². The zero-order valence-corrected chi connectivity index (χ0v) is 10.5. The molecule has 0 radical (unpaired) electrons. The Morgan fingerprint density at radius 1 is 1.12 bits per heavy atom. The van der Waals surface area contributed by atoms with Gasteiger partial charge in [-0.25, -0.2) is 0 Å². The van der Waals surface area contributed by atoms with E-state index in [-0.39, 0.29) is 17.5 Å². The number of hydrogen-bond donors (Lipinski definition) is 0. The van der Waals surface area contributed by atoms with Crippen LogP contribution in [0.15, 0.2) is 24.3 Å². The van der Waals surface area contributed by atoms with E-state index in [1.54, 1.807) is 0 Å². The molecule has 0 atom stereocenters. The molecule has 2 rings (SSSR count). The first kappa shape index (κ1) is 12.3. The van der Waals surface area contributed by atoms with Crippen LogP contribution in [0.5, 0.6) is 0 Å². The number of ketones is 1. The number of hydrogen-bond acceptors (Lipinski definition) is 3. The number of carbonyl (C=O) groups is 1.